The lowest BCUT2D eigenvalue weighted by Crippen LogP contribution is -2.41. The van der Waals surface area contributed by atoms with Crippen molar-refractivity contribution in [2.75, 3.05) is 0 Å². The maximum atomic E-state index is 13.4. The van der Waals surface area contributed by atoms with E-state index in [1.807, 2.05) is 30.3 Å². The summed E-state index contributed by atoms with van der Waals surface area (Å²) in [5.74, 6) is -0.114. The number of nitrogens with one attached hydrogen (secondary N) is 1. The van der Waals surface area contributed by atoms with Gasteiger partial charge in [0.25, 0.3) is 0 Å². The SMILES string of the molecule is CC(C)CC1C(=O)NC(c2ccccc2)N1C(=O)C1CC1c1ccc(F)cc1. The van der Waals surface area contributed by atoms with E-state index in [0.29, 0.717) is 12.3 Å². The first-order valence-corrected chi connectivity index (χ1v) is 9.88. The Kier molecular flexibility index (Phi) is 4.92. The lowest BCUT2D eigenvalue weighted by atomic mass is 10.0. The monoisotopic (exact) mass is 380 g/mol. The Morgan fingerprint density at radius 3 is 2.43 bits per heavy atom. The van der Waals surface area contributed by atoms with Gasteiger partial charge in [-0.3, -0.25) is 9.59 Å². The zero-order valence-electron chi connectivity index (χ0n) is 16.1. The molecule has 1 saturated heterocycles. The highest BCUT2D eigenvalue weighted by Gasteiger charge is 2.52. The van der Waals surface area contributed by atoms with Crippen molar-refractivity contribution in [2.24, 2.45) is 11.8 Å². The molecule has 4 unspecified atom stereocenters. The van der Waals surface area contributed by atoms with Crippen molar-refractivity contribution in [1.29, 1.82) is 0 Å². The number of carbonyl (C=O) groups is 2. The number of benzene rings is 2. The van der Waals surface area contributed by atoms with Gasteiger partial charge < -0.3 is 10.2 Å². The Bertz CT molecular complexity index is 866. The predicted molar refractivity (Wildman–Crippen MR) is 105 cm³/mol. The van der Waals surface area contributed by atoms with Gasteiger partial charge in [0.05, 0.1) is 0 Å². The molecular weight excluding hydrogens is 355 g/mol. The predicted octanol–water partition coefficient (Wildman–Crippen LogP) is 4.00. The smallest absolute Gasteiger partial charge is 0.244 e. The molecule has 1 aliphatic carbocycles. The van der Waals surface area contributed by atoms with Gasteiger partial charge in [0.2, 0.25) is 11.8 Å². The van der Waals surface area contributed by atoms with Gasteiger partial charge in [-0.15, -0.1) is 0 Å². The van der Waals surface area contributed by atoms with Crippen LogP contribution in [-0.4, -0.2) is 22.8 Å². The van der Waals surface area contributed by atoms with E-state index in [2.05, 4.69) is 19.2 Å². The van der Waals surface area contributed by atoms with Crippen LogP contribution in [0.15, 0.2) is 54.6 Å². The Morgan fingerprint density at radius 2 is 1.79 bits per heavy atom. The van der Waals surface area contributed by atoms with Crippen LogP contribution in [0.4, 0.5) is 4.39 Å². The number of halogens is 1. The van der Waals surface area contributed by atoms with E-state index >= 15 is 0 Å². The quantitative estimate of drug-likeness (QED) is 0.852. The number of rotatable bonds is 5. The van der Waals surface area contributed by atoms with Crippen molar-refractivity contribution in [1.82, 2.24) is 10.2 Å². The Balaban J connectivity index is 1.60. The number of nitrogens with zero attached hydrogens (tertiary/aromatic N) is 1. The van der Waals surface area contributed by atoms with E-state index in [-0.39, 0.29) is 29.5 Å². The summed E-state index contributed by atoms with van der Waals surface area (Å²) in [4.78, 5) is 27.9. The average Bonchev–Trinajstić information content (AvgIpc) is 3.42. The summed E-state index contributed by atoms with van der Waals surface area (Å²) >= 11 is 0. The molecule has 28 heavy (non-hydrogen) atoms. The molecule has 1 N–H and O–H groups in total. The van der Waals surface area contributed by atoms with Crippen molar-refractivity contribution in [3.05, 3.63) is 71.5 Å². The molecule has 2 aliphatic rings. The molecule has 2 fully saturated rings. The molecule has 2 aromatic carbocycles. The van der Waals surface area contributed by atoms with Crippen molar-refractivity contribution >= 4 is 11.8 Å². The minimum atomic E-state index is -0.452. The summed E-state index contributed by atoms with van der Waals surface area (Å²) in [6, 6.07) is 15.5. The van der Waals surface area contributed by atoms with E-state index in [1.165, 1.54) is 12.1 Å². The van der Waals surface area contributed by atoms with Crippen molar-refractivity contribution < 1.29 is 14.0 Å². The summed E-state index contributed by atoms with van der Waals surface area (Å²) in [6.07, 6.45) is 0.944. The fourth-order valence-electron chi connectivity index (χ4n) is 4.17. The second-order valence-corrected chi connectivity index (χ2v) is 8.21. The van der Waals surface area contributed by atoms with Crippen LogP contribution in [0.2, 0.25) is 0 Å². The Morgan fingerprint density at radius 1 is 1.11 bits per heavy atom. The van der Waals surface area contributed by atoms with Gasteiger partial charge in [-0.25, -0.2) is 4.39 Å². The standard InChI is InChI=1S/C23H25FN2O2/c1-14(2)12-20-22(27)25-21(16-6-4-3-5-7-16)26(20)23(28)19-13-18(19)15-8-10-17(24)11-9-15/h3-11,14,18-21H,12-13H2,1-2H3,(H,25,27). The van der Waals surface area contributed by atoms with E-state index < -0.39 is 12.2 Å². The van der Waals surface area contributed by atoms with Crippen LogP contribution >= 0.6 is 0 Å². The maximum absolute atomic E-state index is 13.4. The molecule has 2 aromatic rings. The van der Waals surface area contributed by atoms with E-state index in [0.717, 1.165) is 17.5 Å². The first-order valence-electron chi connectivity index (χ1n) is 9.88. The largest absolute Gasteiger partial charge is 0.330 e. The summed E-state index contributed by atoms with van der Waals surface area (Å²) in [7, 11) is 0. The van der Waals surface area contributed by atoms with Gasteiger partial charge in [0, 0.05) is 5.92 Å². The van der Waals surface area contributed by atoms with Crippen molar-refractivity contribution in [3.8, 4) is 0 Å². The molecule has 1 saturated carbocycles. The van der Waals surface area contributed by atoms with E-state index in [9.17, 15) is 14.0 Å². The van der Waals surface area contributed by atoms with E-state index in [1.54, 1.807) is 17.0 Å². The third-order valence-electron chi connectivity index (χ3n) is 5.67. The highest BCUT2D eigenvalue weighted by Crippen LogP contribution is 2.50. The molecule has 1 aliphatic heterocycles. The zero-order chi connectivity index (χ0) is 19.8. The van der Waals surface area contributed by atoms with Crippen molar-refractivity contribution in [3.63, 3.8) is 0 Å². The molecule has 1 heterocycles. The van der Waals surface area contributed by atoms with E-state index in [4.69, 9.17) is 0 Å². The molecule has 4 atom stereocenters. The van der Waals surface area contributed by atoms with Gasteiger partial charge >= 0.3 is 0 Å². The second kappa shape index (κ2) is 7.38. The topological polar surface area (TPSA) is 49.4 Å². The van der Waals surface area contributed by atoms with Crippen molar-refractivity contribution in [2.45, 2.75) is 44.8 Å². The normalized spacial score (nSPS) is 26.4. The molecule has 146 valence electrons. The maximum Gasteiger partial charge on any atom is 0.244 e. The van der Waals surface area contributed by atoms with Crippen LogP contribution < -0.4 is 5.32 Å². The first kappa shape index (κ1) is 18.7. The molecule has 5 heteroatoms. The zero-order valence-corrected chi connectivity index (χ0v) is 16.1. The lowest BCUT2D eigenvalue weighted by Gasteiger charge is -2.29. The molecule has 0 radical (unpaired) electrons. The highest BCUT2D eigenvalue weighted by molar-refractivity contribution is 5.93. The van der Waals surface area contributed by atoms with Gasteiger partial charge in [0.15, 0.2) is 0 Å². The fourth-order valence-corrected chi connectivity index (χ4v) is 4.17. The minimum absolute atomic E-state index is 0.00665. The summed E-state index contributed by atoms with van der Waals surface area (Å²) in [5.41, 5.74) is 1.89. The molecule has 0 bridgehead atoms. The van der Waals surface area contributed by atoms with Gasteiger partial charge in [-0.1, -0.05) is 56.3 Å². The molecular formula is C23H25FN2O2. The van der Waals surface area contributed by atoms with Crippen LogP contribution in [0.3, 0.4) is 0 Å². The van der Waals surface area contributed by atoms with Crippen LogP contribution in [0, 0.1) is 17.7 Å². The van der Waals surface area contributed by atoms with Gasteiger partial charge in [-0.05, 0) is 47.9 Å². The van der Waals surface area contributed by atoms with Crippen LogP contribution in [-0.2, 0) is 9.59 Å². The number of hydrogen-bond donors (Lipinski definition) is 1. The fraction of sp³-hybridized carbons (Fsp3) is 0.391. The molecule has 2 amide bonds. The third kappa shape index (κ3) is 3.53. The molecule has 0 aromatic heterocycles. The Labute approximate surface area is 164 Å². The van der Waals surface area contributed by atoms with Gasteiger partial charge in [0.1, 0.15) is 18.0 Å². The summed E-state index contributed by atoms with van der Waals surface area (Å²) < 4.78 is 13.2. The number of hydrogen-bond acceptors (Lipinski definition) is 2. The molecule has 4 rings (SSSR count). The number of amides is 2. The number of carbonyl (C=O) groups excluding carboxylic acids is 2. The van der Waals surface area contributed by atoms with Gasteiger partial charge in [-0.2, -0.15) is 0 Å². The highest BCUT2D eigenvalue weighted by atomic mass is 19.1. The second-order valence-electron chi connectivity index (χ2n) is 8.21. The molecule has 4 nitrogen and oxygen atoms in total. The first-order chi connectivity index (χ1) is 13.5. The summed E-state index contributed by atoms with van der Waals surface area (Å²) in [6.45, 7) is 4.12. The average molecular weight is 380 g/mol. The van der Waals surface area contributed by atoms with Crippen LogP contribution in [0.5, 0.6) is 0 Å². The van der Waals surface area contributed by atoms with Crippen LogP contribution in [0.1, 0.15) is 49.9 Å². The third-order valence-corrected chi connectivity index (χ3v) is 5.67. The minimum Gasteiger partial charge on any atom is -0.330 e. The molecule has 0 spiro atoms. The van der Waals surface area contributed by atoms with Crippen LogP contribution in [0.25, 0.3) is 0 Å². The summed E-state index contributed by atoms with van der Waals surface area (Å²) in [5, 5.41) is 3.02. The Hall–Kier alpha value is -2.69. The lowest BCUT2D eigenvalue weighted by molar-refractivity contribution is -0.138.